The lowest BCUT2D eigenvalue weighted by atomic mass is 9.95. The van der Waals surface area contributed by atoms with Crippen molar-refractivity contribution < 1.29 is 19.5 Å². The van der Waals surface area contributed by atoms with E-state index in [2.05, 4.69) is 10.6 Å². The van der Waals surface area contributed by atoms with E-state index in [9.17, 15) is 14.4 Å². The lowest BCUT2D eigenvalue weighted by molar-refractivity contribution is -0.138. The van der Waals surface area contributed by atoms with Crippen LogP contribution in [0.5, 0.6) is 0 Å². The molecule has 0 saturated carbocycles. The second-order valence-electron chi connectivity index (χ2n) is 6.88. The summed E-state index contributed by atoms with van der Waals surface area (Å²) < 4.78 is 0. The van der Waals surface area contributed by atoms with Gasteiger partial charge in [-0.25, -0.2) is 0 Å². The predicted molar refractivity (Wildman–Crippen MR) is 98.4 cm³/mol. The summed E-state index contributed by atoms with van der Waals surface area (Å²) in [7, 11) is 0. The molecule has 1 aromatic rings. The van der Waals surface area contributed by atoms with Crippen LogP contribution in [-0.2, 0) is 14.4 Å². The topological polar surface area (TPSA) is 95.5 Å². The summed E-state index contributed by atoms with van der Waals surface area (Å²) in [5, 5.41) is 14.5. The molecule has 2 amide bonds. The largest absolute Gasteiger partial charge is 0.481 e. The lowest BCUT2D eigenvalue weighted by Gasteiger charge is -2.24. The molecule has 0 fully saturated rings. The summed E-state index contributed by atoms with van der Waals surface area (Å²) in [6, 6.07) is 5.96. The number of carboxylic acids is 1. The predicted octanol–water partition coefficient (Wildman–Crippen LogP) is 2.59. The van der Waals surface area contributed by atoms with Crippen LogP contribution in [0.1, 0.15) is 45.7 Å². The average molecular weight is 366 g/mol. The highest BCUT2D eigenvalue weighted by atomic mass is 32.2. The third-order valence-electron chi connectivity index (χ3n) is 3.64. The van der Waals surface area contributed by atoms with Gasteiger partial charge in [-0.15, -0.1) is 11.8 Å². The number of hydrogen-bond donors (Lipinski definition) is 3. The highest BCUT2D eigenvalue weighted by Gasteiger charge is 2.27. The number of nitrogens with one attached hydrogen (secondary N) is 2. The van der Waals surface area contributed by atoms with Crippen molar-refractivity contribution in [3.8, 4) is 0 Å². The Labute approximate surface area is 152 Å². The highest BCUT2D eigenvalue weighted by molar-refractivity contribution is 7.98. The van der Waals surface area contributed by atoms with Crippen LogP contribution >= 0.6 is 11.8 Å². The summed E-state index contributed by atoms with van der Waals surface area (Å²) in [6.45, 7) is 6.85. The minimum absolute atomic E-state index is 0.232. The van der Waals surface area contributed by atoms with Crippen LogP contribution < -0.4 is 10.6 Å². The van der Waals surface area contributed by atoms with Gasteiger partial charge >= 0.3 is 5.97 Å². The number of carbonyl (C=O) groups excluding carboxylic acids is 2. The standard InChI is InChI=1S/C18H26N2O4S/c1-11(19-17(24)18(2,3)4)16(23)20-14(10-15(21)22)12-6-8-13(25-5)9-7-12/h6-9,11,14H,10H2,1-5H3,(H,19,24)(H,20,23)(H,21,22). The van der Waals surface area contributed by atoms with Crippen molar-refractivity contribution in [1.29, 1.82) is 0 Å². The van der Waals surface area contributed by atoms with E-state index < -0.39 is 29.4 Å². The van der Waals surface area contributed by atoms with Crippen LogP contribution in [0.25, 0.3) is 0 Å². The molecule has 0 spiro atoms. The van der Waals surface area contributed by atoms with E-state index in [0.717, 1.165) is 4.90 Å². The first-order valence-electron chi connectivity index (χ1n) is 8.01. The van der Waals surface area contributed by atoms with Gasteiger partial charge in [0.25, 0.3) is 0 Å². The van der Waals surface area contributed by atoms with Crippen LogP contribution in [0, 0.1) is 5.41 Å². The van der Waals surface area contributed by atoms with Crippen molar-refractivity contribution >= 4 is 29.5 Å². The minimum Gasteiger partial charge on any atom is -0.481 e. The molecule has 138 valence electrons. The number of hydrogen-bond acceptors (Lipinski definition) is 4. The summed E-state index contributed by atoms with van der Waals surface area (Å²) >= 11 is 1.58. The fraction of sp³-hybridized carbons (Fsp3) is 0.500. The molecule has 0 radical (unpaired) electrons. The quantitative estimate of drug-likeness (QED) is 0.645. The molecule has 2 atom stereocenters. The first-order chi connectivity index (χ1) is 11.5. The van der Waals surface area contributed by atoms with Gasteiger partial charge in [0.05, 0.1) is 12.5 Å². The zero-order chi connectivity index (χ0) is 19.2. The van der Waals surface area contributed by atoms with Gasteiger partial charge in [-0.2, -0.15) is 0 Å². The molecule has 0 aliphatic rings. The van der Waals surface area contributed by atoms with E-state index in [1.54, 1.807) is 51.6 Å². The van der Waals surface area contributed by atoms with Crippen LogP contribution in [0.15, 0.2) is 29.2 Å². The maximum atomic E-state index is 12.4. The number of amides is 2. The fourth-order valence-electron chi connectivity index (χ4n) is 2.04. The Hall–Kier alpha value is -2.02. The molecule has 0 heterocycles. The Morgan fingerprint density at radius 2 is 1.68 bits per heavy atom. The van der Waals surface area contributed by atoms with Gasteiger partial charge in [0, 0.05) is 10.3 Å². The van der Waals surface area contributed by atoms with Gasteiger partial charge in [0.15, 0.2) is 0 Å². The molecule has 2 unspecified atom stereocenters. The molecular weight excluding hydrogens is 340 g/mol. The third-order valence-corrected chi connectivity index (χ3v) is 4.38. The van der Waals surface area contributed by atoms with Gasteiger partial charge in [-0.3, -0.25) is 14.4 Å². The van der Waals surface area contributed by atoms with E-state index in [1.807, 2.05) is 18.4 Å². The fourth-order valence-corrected chi connectivity index (χ4v) is 2.45. The maximum absolute atomic E-state index is 12.4. The first kappa shape index (κ1) is 21.0. The van der Waals surface area contributed by atoms with Crippen molar-refractivity contribution in [3.05, 3.63) is 29.8 Å². The maximum Gasteiger partial charge on any atom is 0.305 e. The van der Waals surface area contributed by atoms with Gasteiger partial charge in [-0.05, 0) is 30.9 Å². The average Bonchev–Trinajstić information content (AvgIpc) is 2.52. The molecule has 0 aromatic heterocycles. The first-order valence-corrected chi connectivity index (χ1v) is 9.24. The number of carbonyl (C=O) groups is 3. The van der Waals surface area contributed by atoms with Crippen LogP contribution in [0.2, 0.25) is 0 Å². The Kier molecular flexibility index (Phi) is 7.48. The molecule has 0 aliphatic carbocycles. The van der Waals surface area contributed by atoms with Crippen LogP contribution in [-0.4, -0.2) is 35.2 Å². The van der Waals surface area contributed by atoms with Crippen molar-refractivity contribution in [2.45, 2.75) is 51.1 Å². The summed E-state index contributed by atoms with van der Waals surface area (Å²) in [6.07, 6.45) is 1.72. The van der Waals surface area contributed by atoms with Crippen molar-refractivity contribution in [1.82, 2.24) is 10.6 Å². The lowest BCUT2D eigenvalue weighted by Crippen LogP contribution is -2.49. The SMILES string of the molecule is CSc1ccc(C(CC(=O)O)NC(=O)C(C)NC(=O)C(C)(C)C)cc1. The molecule has 0 aliphatic heterocycles. The molecule has 6 nitrogen and oxygen atoms in total. The number of aliphatic carboxylic acids is 1. The summed E-state index contributed by atoms with van der Waals surface area (Å²) in [5.41, 5.74) is 0.103. The number of rotatable bonds is 7. The van der Waals surface area contributed by atoms with Gasteiger partial charge in [-0.1, -0.05) is 32.9 Å². The van der Waals surface area contributed by atoms with Crippen molar-refractivity contribution in [3.63, 3.8) is 0 Å². The minimum atomic E-state index is -1.01. The Bertz CT molecular complexity index is 623. The monoisotopic (exact) mass is 366 g/mol. The molecule has 7 heteroatoms. The number of benzene rings is 1. The summed E-state index contributed by atoms with van der Waals surface area (Å²) in [4.78, 5) is 36.6. The summed E-state index contributed by atoms with van der Waals surface area (Å²) in [5.74, 6) is -1.67. The smallest absolute Gasteiger partial charge is 0.305 e. The Morgan fingerprint density at radius 1 is 1.12 bits per heavy atom. The molecule has 1 rings (SSSR count). The second-order valence-corrected chi connectivity index (χ2v) is 7.76. The van der Waals surface area contributed by atoms with E-state index >= 15 is 0 Å². The van der Waals surface area contributed by atoms with Gasteiger partial charge in [0.2, 0.25) is 11.8 Å². The molecule has 25 heavy (non-hydrogen) atoms. The van der Waals surface area contributed by atoms with Crippen molar-refractivity contribution in [2.75, 3.05) is 6.26 Å². The van der Waals surface area contributed by atoms with Crippen LogP contribution in [0.4, 0.5) is 0 Å². The molecule has 0 saturated heterocycles. The normalized spacial score (nSPS) is 13.6. The number of carboxylic acid groups (broad SMARTS) is 1. The van der Waals surface area contributed by atoms with Crippen molar-refractivity contribution in [2.24, 2.45) is 5.41 Å². The molecular formula is C18H26N2O4S. The van der Waals surface area contributed by atoms with Gasteiger partial charge in [0.1, 0.15) is 6.04 Å². The Balaban J connectivity index is 2.84. The molecule has 0 bridgehead atoms. The van der Waals surface area contributed by atoms with E-state index in [0.29, 0.717) is 5.56 Å². The second kappa shape index (κ2) is 8.89. The molecule has 3 N–H and O–H groups in total. The van der Waals surface area contributed by atoms with E-state index in [1.165, 1.54) is 0 Å². The Morgan fingerprint density at radius 3 is 2.12 bits per heavy atom. The number of thioether (sulfide) groups is 1. The zero-order valence-corrected chi connectivity index (χ0v) is 16.1. The highest BCUT2D eigenvalue weighted by Crippen LogP contribution is 2.21. The van der Waals surface area contributed by atoms with E-state index in [-0.39, 0.29) is 12.3 Å². The van der Waals surface area contributed by atoms with Crippen LogP contribution in [0.3, 0.4) is 0 Å². The zero-order valence-electron chi connectivity index (χ0n) is 15.3. The van der Waals surface area contributed by atoms with Gasteiger partial charge < -0.3 is 15.7 Å². The molecule has 1 aromatic carbocycles. The third kappa shape index (κ3) is 6.78. The van der Waals surface area contributed by atoms with E-state index in [4.69, 9.17) is 5.11 Å².